The van der Waals surface area contributed by atoms with E-state index >= 15 is 0 Å². The third-order valence-corrected chi connectivity index (χ3v) is 5.77. The largest absolute Gasteiger partial charge is 0.443 e. The molecule has 144 valence electrons. The topological polar surface area (TPSA) is 62.2 Å². The number of nitrogens with zero attached hydrogens (tertiary/aromatic N) is 2. The molecule has 2 saturated heterocycles. The first kappa shape index (κ1) is 19.6. The number of carbonyl (C=O) groups is 1. The Bertz CT molecular complexity index is 660. The van der Waals surface area contributed by atoms with Gasteiger partial charge < -0.3 is 19.5 Å². The molecule has 1 amide bonds. The van der Waals surface area contributed by atoms with Gasteiger partial charge in [0.2, 0.25) is 0 Å². The maximum absolute atomic E-state index is 14.6. The maximum Gasteiger partial charge on any atom is 0.414 e. The van der Waals surface area contributed by atoms with Crippen LogP contribution in [0, 0.1) is 11.6 Å². The van der Waals surface area contributed by atoms with Gasteiger partial charge >= 0.3 is 6.09 Å². The Kier molecular flexibility index (Phi) is 5.88. The van der Waals surface area contributed by atoms with Crippen molar-refractivity contribution >= 4 is 40.1 Å². The molecule has 0 aromatic heterocycles. The molecule has 0 radical (unpaired) electrons. The molecule has 2 fully saturated rings. The highest BCUT2D eigenvalue weighted by Gasteiger charge is 2.36. The van der Waals surface area contributed by atoms with Crippen molar-refractivity contribution in [1.29, 1.82) is 0 Å². The number of alkyl halides is 1. The molecule has 2 aliphatic rings. The van der Waals surface area contributed by atoms with Crippen LogP contribution in [0.4, 0.5) is 25.0 Å². The average Bonchev–Trinajstić information content (AvgIpc) is 2.97. The van der Waals surface area contributed by atoms with Crippen LogP contribution < -0.4 is 9.80 Å². The summed E-state index contributed by atoms with van der Waals surface area (Å²) in [6.07, 6.45) is -0.163. The molecule has 0 saturated carbocycles. The smallest absolute Gasteiger partial charge is 0.414 e. The molecule has 1 aromatic rings. The second kappa shape index (κ2) is 7.81. The van der Waals surface area contributed by atoms with Crippen LogP contribution >= 0.6 is 22.6 Å². The highest BCUT2D eigenvalue weighted by Crippen LogP contribution is 2.34. The summed E-state index contributed by atoms with van der Waals surface area (Å²) in [4.78, 5) is 14.7. The number of benzene rings is 1. The van der Waals surface area contributed by atoms with Crippen LogP contribution in [-0.2, 0) is 9.47 Å². The molecular formula is C17H21F2IN2O4. The number of hydrogen-bond acceptors (Lipinski definition) is 5. The monoisotopic (exact) mass is 482 g/mol. The van der Waals surface area contributed by atoms with E-state index in [9.17, 15) is 18.7 Å². The number of methoxy groups -OCH3 is 1. The fourth-order valence-electron chi connectivity index (χ4n) is 3.38. The standard InChI is InChI=1S/C17H21F2IN2O4/c1-25-10-17(24)2-4-21(5-3-17)15-13(18)6-11(7-14(15)19)22-9-12(8-20)26-16(22)23/h6-7,12,24H,2-5,8-10H2,1H3/t12-/m0/s1. The van der Waals surface area contributed by atoms with Gasteiger partial charge in [-0.2, -0.15) is 0 Å². The quantitative estimate of drug-likeness (QED) is 0.517. The lowest BCUT2D eigenvalue weighted by molar-refractivity contribution is -0.0473. The Balaban J connectivity index is 1.78. The summed E-state index contributed by atoms with van der Waals surface area (Å²) in [5, 5.41) is 10.3. The Labute approximate surface area is 164 Å². The summed E-state index contributed by atoms with van der Waals surface area (Å²) >= 11 is 2.10. The SMILES string of the molecule is COCC1(O)CCN(c2c(F)cc(N3C[C@H](CI)OC3=O)cc2F)CC1. The number of carbonyl (C=O) groups excluding carboxylic acids is 1. The van der Waals surface area contributed by atoms with Crippen LogP contribution in [0.1, 0.15) is 12.8 Å². The van der Waals surface area contributed by atoms with Gasteiger partial charge in [0.15, 0.2) is 11.6 Å². The molecular weight excluding hydrogens is 461 g/mol. The summed E-state index contributed by atoms with van der Waals surface area (Å²) in [5.74, 6) is -1.47. The molecule has 1 N–H and O–H groups in total. The minimum absolute atomic E-state index is 0.133. The van der Waals surface area contributed by atoms with Crippen LogP contribution in [0.15, 0.2) is 12.1 Å². The van der Waals surface area contributed by atoms with Gasteiger partial charge in [-0.25, -0.2) is 13.6 Å². The Morgan fingerprint density at radius 3 is 2.46 bits per heavy atom. The van der Waals surface area contributed by atoms with Crippen molar-refractivity contribution in [2.75, 3.05) is 47.6 Å². The summed E-state index contributed by atoms with van der Waals surface area (Å²) in [6, 6.07) is 2.32. The second-order valence-electron chi connectivity index (χ2n) is 6.67. The zero-order valence-corrected chi connectivity index (χ0v) is 16.5. The van der Waals surface area contributed by atoms with Crippen LogP contribution in [-0.4, -0.2) is 60.7 Å². The zero-order chi connectivity index (χ0) is 18.9. The van der Waals surface area contributed by atoms with E-state index in [2.05, 4.69) is 22.6 Å². The van der Waals surface area contributed by atoms with Crippen molar-refractivity contribution < 1.29 is 28.2 Å². The highest BCUT2D eigenvalue weighted by molar-refractivity contribution is 14.1. The number of aliphatic hydroxyl groups is 1. The minimum atomic E-state index is -0.966. The number of anilines is 2. The lowest BCUT2D eigenvalue weighted by Crippen LogP contribution is -2.47. The first-order valence-electron chi connectivity index (χ1n) is 8.36. The van der Waals surface area contributed by atoms with E-state index in [1.807, 2.05) is 0 Å². The lowest BCUT2D eigenvalue weighted by Gasteiger charge is -2.39. The van der Waals surface area contributed by atoms with Crippen molar-refractivity contribution in [3.05, 3.63) is 23.8 Å². The number of amides is 1. The summed E-state index contributed by atoms with van der Waals surface area (Å²) in [7, 11) is 1.51. The molecule has 1 aromatic carbocycles. The minimum Gasteiger partial charge on any atom is -0.443 e. The molecule has 3 rings (SSSR count). The van der Waals surface area contributed by atoms with E-state index in [0.29, 0.717) is 30.4 Å². The molecule has 1 atom stereocenters. The molecule has 0 bridgehead atoms. The van der Waals surface area contributed by atoms with E-state index < -0.39 is 23.3 Å². The average molecular weight is 482 g/mol. The van der Waals surface area contributed by atoms with Crippen molar-refractivity contribution in [2.24, 2.45) is 0 Å². The van der Waals surface area contributed by atoms with E-state index in [0.717, 1.165) is 12.1 Å². The predicted molar refractivity (Wildman–Crippen MR) is 101 cm³/mol. The molecule has 0 unspecified atom stereocenters. The van der Waals surface area contributed by atoms with E-state index in [1.165, 1.54) is 12.0 Å². The van der Waals surface area contributed by atoms with Crippen LogP contribution in [0.25, 0.3) is 0 Å². The third kappa shape index (κ3) is 3.89. The first-order valence-corrected chi connectivity index (χ1v) is 9.89. The molecule has 0 aliphatic carbocycles. The summed E-state index contributed by atoms with van der Waals surface area (Å²) in [6.45, 7) is 1.10. The fraction of sp³-hybridized carbons (Fsp3) is 0.588. The molecule has 2 heterocycles. The van der Waals surface area contributed by atoms with Crippen molar-refractivity contribution in [3.8, 4) is 0 Å². The Morgan fingerprint density at radius 2 is 1.96 bits per heavy atom. The van der Waals surface area contributed by atoms with Gasteiger partial charge in [0, 0.05) is 36.8 Å². The van der Waals surface area contributed by atoms with Gasteiger partial charge in [-0.15, -0.1) is 0 Å². The molecule has 0 spiro atoms. The van der Waals surface area contributed by atoms with Crippen LogP contribution in [0.3, 0.4) is 0 Å². The summed E-state index contributed by atoms with van der Waals surface area (Å²) in [5.41, 5.74) is -0.952. The van der Waals surface area contributed by atoms with Gasteiger partial charge in [0.25, 0.3) is 0 Å². The van der Waals surface area contributed by atoms with Crippen LogP contribution in [0.2, 0.25) is 0 Å². The number of halogens is 3. The Morgan fingerprint density at radius 1 is 1.35 bits per heavy atom. The summed E-state index contributed by atoms with van der Waals surface area (Å²) < 4.78 is 40.0. The third-order valence-electron chi connectivity index (χ3n) is 4.78. The van der Waals surface area contributed by atoms with E-state index in [4.69, 9.17) is 9.47 Å². The van der Waals surface area contributed by atoms with Gasteiger partial charge in [-0.3, -0.25) is 4.90 Å². The lowest BCUT2D eigenvalue weighted by atomic mass is 9.92. The van der Waals surface area contributed by atoms with Gasteiger partial charge in [-0.05, 0) is 12.8 Å². The van der Waals surface area contributed by atoms with E-state index in [1.54, 1.807) is 4.90 Å². The van der Waals surface area contributed by atoms with E-state index in [-0.39, 0.29) is 30.6 Å². The van der Waals surface area contributed by atoms with Gasteiger partial charge in [-0.1, -0.05) is 22.6 Å². The first-order chi connectivity index (χ1) is 12.4. The molecule has 6 nitrogen and oxygen atoms in total. The number of ether oxygens (including phenoxy) is 2. The number of piperidine rings is 1. The van der Waals surface area contributed by atoms with Crippen molar-refractivity contribution in [3.63, 3.8) is 0 Å². The maximum atomic E-state index is 14.6. The predicted octanol–water partition coefficient (Wildman–Crippen LogP) is 2.70. The highest BCUT2D eigenvalue weighted by atomic mass is 127. The van der Waals surface area contributed by atoms with Gasteiger partial charge in [0.1, 0.15) is 11.8 Å². The van der Waals surface area contributed by atoms with Gasteiger partial charge in [0.05, 0.1) is 24.4 Å². The normalized spacial score (nSPS) is 22.7. The fourth-order valence-corrected chi connectivity index (χ4v) is 3.84. The molecule has 9 heteroatoms. The number of cyclic esters (lactones) is 1. The number of rotatable bonds is 5. The number of hydrogen-bond donors (Lipinski definition) is 1. The Hall–Kier alpha value is -1.20. The van der Waals surface area contributed by atoms with Crippen LogP contribution in [0.5, 0.6) is 0 Å². The zero-order valence-electron chi connectivity index (χ0n) is 14.4. The molecule has 2 aliphatic heterocycles. The second-order valence-corrected chi connectivity index (χ2v) is 7.55. The molecule has 26 heavy (non-hydrogen) atoms. The van der Waals surface area contributed by atoms with Crippen molar-refractivity contribution in [2.45, 2.75) is 24.5 Å². The van der Waals surface area contributed by atoms with Crippen molar-refractivity contribution in [1.82, 2.24) is 0 Å².